The maximum Gasteiger partial charge on any atom is 0.0793 e. The maximum atomic E-state index is 9.88. The molecular weight excluding hydrogens is 204 g/mol. The molecule has 0 aliphatic heterocycles. The van der Waals surface area contributed by atoms with E-state index in [1.54, 1.807) is 11.8 Å². The van der Waals surface area contributed by atoms with E-state index in [0.29, 0.717) is 0 Å². The van der Waals surface area contributed by atoms with Crippen molar-refractivity contribution in [2.75, 3.05) is 5.75 Å². The smallest absolute Gasteiger partial charge is 0.0793 e. The lowest BCUT2D eigenvalue weighted by Gasteiger charge is -2.14. The molecule has 1 atom stereocenters. The predicted molar refractivity (Wildman–Crippen MR) is 68.9 cm³/mol. The third-order valence-corrected chi connectivity index (χ3v) is 3.18. The molecule has 0 bridgehead atoms. The molecule has 0 aromatic heterocycles. The first-order valence-electron chi connectivity index (χ1n) is 5.29. The fourth-order valence-electron chi connectivity index (χ4n) is 1.51. The number of thioether (sulfide) groups is 1. The Kier molecular flexibility index (Phi) is 4.92. The minimum Gasteiger partial charge on any atom is -0.388 e. The lowest BCUT2D eigenvalue weighted by atomic mass is 10.0. The molecule has 0 heterocycles. The van der Waals surface area contributed by atoms with Crippen molar-refractivity contribution >= 4 is 16.7 Å². The first-order chi connectivity index (χ1) is 7.20. The van der Waals surface area contributed by atoms with Crippen molar-refractivity contribution in [3.8, 4) is 0 Å². The van der Waals surface area contributed by atoms with E-state index in [1.165, 1.54) is 0 Å². The van der Waals surface area contributed by atoms with Gasteiger partial charge in [0.25, 0.3) is 0 Å². The summed E-state index contributed by atoms with van der Waals surface area (Å²) < 4.78 is 0. The van der Waals surface area contributed by atoms with Crippen molar-refractivity contribution in [2.45, 2.75) is 26.4 Å². The Labute approximate surface area is 96.2 Å². The Hall–Kier alpha value is -0.730. The molecule has 1 rings (SSSR count). The van der Waals surface area contributed by atoms with Crippen LogP contribution in [0.5, 0.6) is 0 Å². The van der Waals surface area contributed by atoms with E-state index in [-0.39, 0.29) is 6.10 Å². The molecule has 0 aliphatic rings. The van der Waals surface area contributed by atoms with Crippen LogP contribution in [0.4, 0.5) is 0 Å². The number of benzene rings is 1. The van der Waals surface area contributed by atoms with Gasteiger partial charge >= 0.3 is 0 Å². The highest BCUT2D eigenvalue weighted by Crippen LogP contribution is 2.31. The van der Waals surface area contributed by atoms with Gasteiger partial charge < -0.3 is 5.11 Å². The minimum atomic E-state index is -0.379. The molecule has 0 amide bonds. The molecule has 0 saturated carbocycles. The van der Waals surface area contributed by atoms with Crippen molar-refractivity contribution in [1.82, 2.24) is 0 Å². The van der Waals surface area contributed by atoms with E-state index in [2.05, 4.69) is 13.5 Å². The second-order valence-electron chi connectivity index (χ2n) is 3.37. The van der Waals surface area contributed by atoms with Crippen LogP contribution in [0, 0.1) is 0 Å². The third kappa shape index (κ3) is 3.11. The minimum absolute atomic E-state index is 0.379. The highest BCUT2D eigenvalue weighted by molar-refractivity contribution is 8.08. The average Bonchev–Trinajstić information content (AvgIpc) is 2.28. The van der Waals surface area contributed by atoms with Gasteiger partial charge in [-0.1, -0.05) is 44.7 Å². The topological polar surface area (TPSA) is 20.2 Å². The van der Waals surface area contributed by atoms with Crippen LogP contribution in [0.2, 0.25) is 0 Å². The number of aliphatic hydroxyl groups excluding tert-OH is 1. The Bertz CT molecular complexity index is 333. The van der Waals surface area contributed by atoms with Crippen molar-refractivity contribution in [1.29, 1.82) is 0 Å². The van der Waals surface area contributed by atoms with Gasteiger partial charge in [0.15, 0.2) is 0 Å². The van der Waals surface area contributed by atoms with Crippen molar-refractivity contribution < 1.29 is 5.11 Å². The fourth-order valence-corrected chi connectivity index (χ4v) is 2.20. The van der Waals surface area contributed by atoms with Crippen LogP contribution in [-0.4, -0.2) is 10.9 Å². The quantitative estimate of drug-likeness (QED) is 0.816. The standard InChI is InChI=1S/C13H18OS/c1-4-13(14)12-9-7-6-8-11(12)10(3)15-5-2/h6-9,13-14H,3-5H2,1-2H3. The van der Waals surface area contributed by atoms with Gasteiger partial charge in [0.1, 0.15) is 0 Å². The molecule has 0 fully saturated rings. The van der Waals surface area contributed by atoms with Crippen LogP contribution in [0.1, 0.15) is 37.5 Å². The second-order valence-corrected chi connectivity index (χ2v) is 4.73. The van der Waals surface area contributed by atoms with E-state index in [0.717, 1.165) is 28.2 Å². The van der Waals surface area contributed by atoms with E-state index in [4.69, 9.17) is 0 Å². The highest BCUT2D eigenvalue weighted by atomic mass is 32.2. The molecule has 82 valence electrons. The van der Waals surface area contributed by atoms with Crippen LogP contribution < -0.4 is 0 Å². The number of hydrogen-bond donors (Lipinski definition) is 1. The Morgan fingerprint density at radius 1 is 1.40 bits per heavy atom. The van der Waals surface area contributed by atoms with Gasteiger partial charge in [0.2, 0.25) is 0 Å². The summed E-state index contributed by atoms with van der Waals surface area (Å²) in [4.78, 5) is 1.04. The zero-order chi connectivity index (χ0) is 11.3. The SMILES string of the molecule is C=C(SCC)c1ccccc1C(O)CC. The summed E-state index contributed by atoms with van der Waals surface area (Å²) >= 11 is 1.72. The van der Waals surface area contributed by atoms with Crippen LogP contribution >= 0.6 is 11.8 Å². The fraction of sp³-hybridized carbons (Fsp3) is 0.385. The van der Waals surface area contributed by atoms with Crippen LogP contribution in [-0.2, 0) is 0 Å². The molecule has 1 nitrogen and oxygen atoms in total. The largest absolute Gasteiger partial charge is 0.388 e. The first kappa shape index (κ1) is 12.3. The first-order valence-corrected chi connectivity index (χ1v) is 6.28. The highest BCUT2D eigenvalue weighted by Gasteiger charge is 2.11. The van der Waals surface area contributed by atoms with Crippen molar-refractivity contribution in [3.63, 3.8) is 0 Å². The maximum absolute atomic E-state index is 9.88. The third-order valence-electron chi connectivity index (χ3n) is 2.33. The average molecular weight is 222 g/mol. The number of hydrogen-bond acceptors (Lipinski definition) is 2. The molecule has 1 aromatic rings. The lowest BCUT2D eigenvalue weighted by molar-refractivity contribution is 0.173. The summed E-state index contributed by atoms with van der Waals surface area (Å²) in [6.07, 6.45) is 0.358. The van der Waals surface area contributed by atoms with Gasteiger partial charge in [-0.3, -0.25) is 0 Å². The van der Waals surface area contributed by atoms with E-state index in [1.807, 2.05) is 31.2 Å². The molecule has 1 aromatic carbocycles. The Morgan fingerprint density at radius 2 is 2.07 bits per heavy atom. The molecule has 0 aliphatic carbocycles. The van der Waals surface area contributed by atoms with E-state index >= 15 is 0 Å². The van der Waals surface area contributed by atoms with Crippen molar-refractivity contribution in [3.05, 3.63) is 42.0 Å². The number of aliphatic hydroxyl groups is 1. The van der Waals surface area contributed by atoms with Gasteiger partial charge in [-0.15, -0.1) is 11.8 Å². The molecule has 0 radical (unpaired) electrons. The summed E-state index contributed by atoms with van der Waals surface area (Å²) in [7, 11) is 0. The Balaban J connectivity index is 3.00. The van der Waals surface area contributed by atoms with Crippen LogP contribution in [0.3, 0.4) is 0 Å². The van der Waals surface area contributed by atoms with Gasteiger partial charge in [-0.2, -0.15) is 0 Å². The normalized spacial score (nSPS) is 12.5. The summed E-state index contributed by atoms with van der Waals surface area (Å²) in [6, 6.07) is 7.95. The van der Waals surface area contributed by atoms with Crippen LogP contribution in [0.25, 0.3) is 4.91 Å². The van der Waals surface area contributed by atoms with E-state index < -0.39 is 0 Å². The van der Waals surface area contributed by atoms with Crippen molar-refractivity contribution in [2.24, 2.45) is 0 Å². The molecule has 0 spiro atoms. The molecular formula is C13H18OS. The van der Waals surface area contributed by atoms with Gasteiger partial charge in [0.05, 0.1) is 6.10 Å². The molecule has 1 unspecified atom stereocenters. The predicted octanol–water partition coefficient (Wildman–Crippen LogP) is 3.85. The molecule has 0 saturated heterocycles. The van der Waals surface area contributed by atoms with Crippen LogP contribution in [0.15, 0.2) is 30.8 Å². The molecule has 15 heavy (non-hydrogen) atoms. The molecule has 2 heteroatoms. The summed E-state index contributed by atoms with van der Waals surface area (Å²) in [6.45, 7) is 8.13. The van der Waals surface area contributed by atoms with E-state index in [9.17, 15) is 5.11 Å². The zero-order valence-corrected chi connectivity index (χ0v) is 10.2. The Morgan fingerprint density at radius 3 is 2.67 bits per heavy atom. The monoisotopic (exact) mass is 222 g/mol. The summed E-state index contributed by atoms with van der Waals surface area (Å²) in [5.74, 6) is 1.01. The van der Waals surface area contributed by atoms with Gasteiger partial charge in [0, 0.05) is 4.91 Å². The number of rotatable bonds is 5. The zero-order valence-electron chi connectivity index (χ0n) is 9.36. The summed E-state index contributed by atoms with van der Waals surface area (Å²) in [5, 5.41) is 9.88. The molecule has 1 N–H and O–H groups in total. The van der Waals surface area contributed by atoms with Gasteiger partial charge in [-0.05, 0) is 23.3 Å². The van der Waals surface area contributed by atoms with Gasteiger partial charge in [-0.25, -0.2) is 0 Å². The second kappa shape index (κ2) is 5.99. The lowest BCUT2D eigenvalue weighted by Crippen LogP contribution is -1.99. The summed E-state index contributed by atoms with van der Waals surface area (Å²) in [5.41, 5.74) is 2.07.